The van der Waals surface area contributed by atoms with Crippen molar-refractivity contribution < 1.29 is 12.8 Å². The Morgan fingerprint density at radius 2 is 1.95 bits per heavy atom. The Kier molecular flexibility index (Phi) is 3.87. The lowest BCUT2D eigenvalue weighted by Gasteiger charge is -2.12. The van der Waals surface area contributed by atoms with Crippen LogP contribution in [0.1, 0.15) is 5.56 Å². The number of nitrogen functional groups attached to an aromatic ring is 1. The van der Waals surface area contributed by atoms with Crippen LogP contribution in [0, 0.1) is 12.7 Å². The summed E-state index contributed by atoms with van der Waals surface area (Å²) in [5, 5.41) is 0.253. The van der Waals surface area contributed by atoms with Crippen molar-refractivity contribution >= 4 is 33.0 Å². The molecule has 0 heterocycles. The molecule has 2 rings (SSSR count). The lowest BCUT2D eigenvalue weighted by Crippen LogP contribution is -2.15. The van der Waals surface area contributed by atoms with Crippen LogP contribution in [-0.4, -0.2) is 8.42 Å². The molecule has 0 aliphatic rings. The fourth-order valence-corrected chi connectivity index (χ4v) is 3.21. The lowest BCUT2D eigenvalue weighted by molar-refractivity contribution is 0.597. The minimum Gasteiger partial charge on any atom is -0.395 e. The van der Waals surface area contributed by atoms with E-state index in [0.717, 1.165) is 11.6 Å². The molecule has 106 valence electrons. The number of halogens is 2. The number of benzene rings is 2. The molecule has 0 spiro atoms. The highest BCUT2D eigenvalue weighted by Gasteiger charge is 2.20. The summed E-state index contributed by atoms with van der Waals surface area (Å²) in [5.41, 5.74) is 6.13. The number of rotatable bonds is 3. The van der Waals surface area contributed by atoms with E-state index < -0.39 is 21.5 Å². The van der Waals surface area contributed by atoms with Crippen molar-refractivity contribution in [3.05, 3.63) is 52.8 Å². The molecule has 0 amide bonds. The smallest absolute Gasteiger partial charge is 0.264 e. The van der Waals surface area contributed by atoms with Crippen LogP contribution in [0.2, 0.25) is 5.02 Å². The second kappa shape index (κ2) is 5.30. The summed E-state index contributed by atoms with van der Waals surface area (Å²) in [5.74, 6) is -0.789. The van der Waals surface area contributed by atoms with Gasteiger partial charge in [-0.3, -0.25) is 4.72 Å². The number of sulfonamides is 1. The van der Waals surface area contributed by atoms with Crippen LogP contribution in [0.15, 0.2) is 41.3 Å². The quantitative estimate of drug-likeness (QED) is 0.855. The number of para-hydroxylation sites is 1. The van der Waals surface area contributed by atoms with E-state index in [4.69, 9.17) is 17.3 Å². The van der Waals surface area contributed by atoms with E-state index in [9.17, 15) is 12.8 Å². The highest BCUT2D eigenvalue weighted by atomic mass is 35.5. The van der Waals surface area contributed by atoms with E-state index in [1.54, 1.807) is 12.1 Å². The number of hydrogen-bond donors (Lipinski definition) is 2. The van der Waals surface area contributed by atoms with Crippen molar-refractivity contribution in [2.45, 2.75) is 11.8 Å². The van der Waals surface area contributed by atoms with Crippen molar-refractivity contribution in [3.8, 4) is 0 Å². The molecular weight excluding hydrogens is 303 g/mol. The van der Waals surface area contributed by atoms with E-state index in [2.05, 4.69) is 4.72 Å². The Hall–Kier alpha value is -1.79. The first-order valence-electron chi connectivity index (χ1n) is 5.64. The summed E-state index contributed by atoms with van der Waals surface area (Å²) < 4.78 is 40.0. The van der Waals surface area contributed by atoms with Gasteiger partial charge in [-0.05, 0) is 36.8 Å². The zero-order valence-corrected chi connectivity index (χ0v) is 12.1. The van der Waals surface area contributed by atoms with Crippen LogP contribution in [0.4, 0.5) is 15.8 Å². The fourth-order valence-electron chi connectivity index (χ4n) is 1.65. The standard InChI is InChI=1S/C13H12ClFN2O2S/c1-8-5-6-11(9(14)7-8)17-20(18,19)12-4-2-3-10(15)13(12)16/h2-7,17H,16H2,1H3. The van der Waals surface area contributed by atoms with E-state index in [1.165, 1.54) is 18.2 Å². The zero-order chi connectivity index (χ0) is 14.9. The van der Waals surface area contributed by atoms with Crippen molar-refractivity contribution in [2.24, 2.45) is 0 Å². The Morgan fingerprint density at radius 3 is 2.60 bits per heavy atom. The van der Waals surface area contributed by atoms with Gasteiger partial charge in [-0.1, -0.05) is 23.7 Å². The predicted molar refractivity (Wildman–Crippen MR) is 77.8 cm³/mol. The molecule has 20 heavy (non-hydrogen) atoms. The van der Waals surface area contributed by atoms with Gasteiger partial charge in [0, 0.05) is 0 Å². The molecular formula is C13H12ClFN2O2S. The molecule has 0 saturated heterocycles. The zero-order valence-electron chi connectivity index (χ0n) is 10.5. The largest absolute Gasteiger partial charge is 0.395 e. The van der Waals surface area contributed by atoms with Gasteiger partial charge in [0.25, 0.3) is 10.0 Å². The van der Waals surface area contributed by atoms with E-state index in [0.29, 0.717) is 0 Å². The van der Waals surface area contributed by atoms with Crippen LogP contribution < -0.4 is 10.5 Å². The van der Waals surface area contributed by atoms with Gasteiger partial charge in [0.05, 0.1) is 16.4 Å². The summed E-state index contributed by atoms with van der Waals surface area (Å²) in [6, 6.07) is 8.45. The molecule has 0 aliphatic heterocycles. The van der Waals surface area contributed by atoms with Crippen LogP contribution in [0.3, 0.4) is 0 Å². The monoisotopic (exact) mass is 314 g/mol. The number of nitrogens with one attached hydrogen (secondary N) is 1. The molecule has 0 saturated carbocycles. The van der Waals surface area contributed by atoms with Crippen LogP contribution in [-0.2, 0) is 10.0 Å². The van der Waals surface area contributed by atoms with Crippen molar-refractivity contribution in [1.82, 2.24) is 0 Å². The maximum absolute atomic E-state index is 13.3. The molecule has 0 aliphatic carbocycles. The van der Waals surface area contributed by atoms with Gasteiger partial charge in [0.2, 0.25) is 0 Å². The topological polar surface area (TPSA) is 72.2 Å². The van der Waals surface area contributed by atoms with Gasteiger partial charge < -0.3 is 5.73 Å². The number of aryl methyl sites for hydroxylation is 1. The van der Waals surface area contributed by atoms with Crippen molar-refractivity contribution in [1.29, 1.82) is 0 Å². The SMILES string of the molecule is Cc1ccc(NS(=O)(=O)c2cccc(F)c2N)c(Cl)c1. The third kappa shape index (κ3) is 2.86. The summed E-state index contributed by atoms with van der Waals surface area (Å²) in [6.07, 6.45) is 0. The summed E-state index contributed by atoms with van der Waals surface area (Å²) in [7, 11) is -4.00. The third-order valence-electron chi connectivity index (χ3n) is 2.67. The number of anilines is 2. The first-order valence-corrected chi connectivity index (χ1v) is 7.50. The Balaban J connectivity index is 2.44. The third-order valence-corrected chi connectivity index (χ3v) is 4.41. The molecule has 0 aromatic heterocycles. The first kappa shape index (κ1) is 14.6. The molecule has 3 N–H and O–H groups in total. The normalized spacial score (nSPS) is 11.3. The van der Waals surface area contributed by atoms with Gasteiger partial charge >= 0.3 is 0 Å². The molecule has 0 unspecified atom stereocenters. The summed E-state index contributed by atoms with van der Waals surface area (Å²) in [6.45, 7) is 1.83. The van der Waals surface area contributed by atoms with Crippen molar-refractivity contribution in [2.75, 3.05) is 10.5 Å². The average molecular weight is 315 g/mol. The summed E-state index contributed by atoms with van der Waals surface area (Å²) in [4.78, 5) is -0.325. The van der Waals surface area contributed by atoms with Gasteiger partial charge in [0.1, 0.15) is 10.7 Å². The van der Waals surface area contributed by atoms with Gasteiger partial charge in [-0.2, -0.15) is 0 Å². The first-order chi connectivity index (χ1) is 9.31. The van der Waals surface area contributed by atoms with Crippen molar-refractivity contribution in [3.63, 3.8) is 0 Å². The Morgan fingerprint density at radius 1 is 1.25 bits per heavy atom. The number of hydrogen-bond acceptors (Lipinski definition) is 3. The molecule has 2 aromatic rings. The maximum Gasteiger partial charge on any atom is 0.264 e. The number of nitrogens with two attached hydrogens (primary N) is 1. The van der Waals surface area contributed by atoms with E-state index >= 15 is 0 Å². The van der Waals surface area contributed by atoms with Crippen LogP contribution in [0.5, 0.6) is 0 Å². The second-order valence-corrected chi connectivity index (χ2v) is 6.30. The lowest BCUT2D eigenvalue weighted by atomic mass is 10.2. The minimum absolute atomic E-state index is 0.209. The van der Waals surface area contributed by atoms with Gasteiger partial charge in [-0.15, -0.1) is 0 Å². The molecule has 4 nitrogen and oxygen atoms in total. The highest BCUT2D eigenvalue weighted by molar-refractivity contribution is 7.92. The predicted octanol–water partition coefficient (Wildman–Crippen LogP) is 3.17. The van der Waals surface area contributed by atoms with Crippen LogP contribution in [0.25, 0.3) is 0 Å². The van der Waals surface area contributed by atoms with E-state index in [-0.39, 0.29) is 15.6 Å². The minimum atomic E-state index is -4.00. The van der Waals surface area contributed by atoms with Crippen LogP contribution >= 0.6 is 11.6 Å². The van der Waals surface area contributed by atoms with Gasteiger partial charge in [-0.25, -0.2) is 12.8 Å². The fraction of sp³-hybridized carbons (Fsp3) is 0.0769. The molecule has 2 aromatic carbocycles. The Labute approximate surface area is 121 Å². The Bertz CT molecular complexity index is 763. The molecule has 0 atom stereocenters. The molecule has 0 bridgehead atoms. The molecule has 0 fully saturated rings. The van der Waals surface area contributed by atoms with E-state index in [1.807, 2.05) is 6.92 Å². The average Bonchev–Trinajstić information content (AvgIpc) is 2.36. The second-order valence-electron chi connectivity index (χ2n) is 4.24. The molecule has 0 radical (unpaired) electrons. The maximum atomic E-state index is 13.3. The van der Waals surface area contributed by atoms with Gasteiger partial charge in [0.15, 0.2) is 0 Å². The highest BCUT2D eigenvalue weighted by Crippen LogP contribution is 2.28. The molecule has 7 heteroatoms. The summed E-state index contributed by atoms with van der Waals surface area (Å²) >= 11 is 5.96.